The number of hydrogen-bond donors (Lipinski definition) is 2. The number of nitrogens with two attached hydrogens (primary N) is 1. The molecule has 6 nitrogen and oxygen atoms in total. The lowest BCUT2D eigenvalue weighted by Gasteiger charge is -2.34. The van der Waals surface area contributed by atoms with E-state index in [0.29, 0.717) is 25.7 Å². The third-order valence-corrected chi connectivity index (χ3v) is 5.95. The molecule has 1 amide bonds. The number of benzene rings is 1. The second kappa shape index (κ2) is 6.84. The summed E-state index contributed by atoms with van der Waals surface area (Å²) in [6.45, 7) is 3.95. The smallest absolute Gasteiger partial charge is 0.254 e. The second-order valence-electron chi connectivity index (χ2n) is 7.46. The molecular formula is C19H27N3O3. The summed E-state index contributed by atoms with van der Waals surface area (Å²) in [5.41, 5.74) is 9.85. The molecule has 1 aliphatic carbocycles. The third-order valence-electron chi connectivity index (χ3n) is 5.95. The average molecular weight is 345 g/mol. The number of nitrogens with zero attached hydrogens (tertiary/aromatic N) is 2. The zero-order valence-electron chi connectivity index (χ0n) is 14.6. The number of morpholine rings is 1. The monoisotopic (exact) mass is 345 g/mol. The molecule has 136 valence electrons. The van der Waals surface area contributed by atoms with Crippen LogP contribution >= 0.6 is 0 Å². The van der Waals surface area contributed by atoms with Crippen LogP contribution in [0.5, 0.6) is 0 Å². The Bertz CT molecular complexity index is 650. The minimum Gasteiger partial charge on any atom is -0.397 e. The summed E-state index contributed by atoms with van der Waals surface area (Å²) in [5.74, 6) is 0.539. The maximum Gasteiger partial charge on any atom is 0.254 e. The Kier molecular flexibility index (Phi) is 4.56. The van der Waals surface area contributed by atoms with Crippen molar-refractivity contribution < 1.29 is 14.6 Å². The first kappa shape index (κ1) is 16.7. The number of aliphatic hydroxyl groups is 1. The van der Waals surface area contributed by atoms with Crippen LogP contribution in [0, 0.1) is 5.92 Å². The lowest BCUT2D eigenvalue weighted by Crippen LogP contribution is -2.38. The maximum atomic E-state index is 13.0. The summed E-state index contributed by atoms with van der Waals surface area (Å²) in [6, 6.07) is 4.26. The minimum absolute atomic E-state index is 0.136. The fraction of sp³-hybridized carbons (Fsp3) is 0.632. The van der Waals surface area contributed by atoms with Gasteiger partial charge in [0.05, 0.1) is 24.6 Å². The molecule has 0 radical (unpaired) electrons. The van der Waals surface area contributed by atoms with Gasteiger partial charge in [0.2, 0.25) is 0 Å². The number of nitrogen functional groups attached to an aromatic ring is 1. The summed E-state index contributed by atoms with van der Waals surface area (Å²) >= 11 is 0. The van der Waals surface area contributed by atoms with Crippen LogP contribution in [-0.2, 0) is 11.3 Å². The van der Waals surface area contributed by atoms with Gasteiger partial charge in [-0.1, -0.05) is 0 Å². The van der Waals surface area contributed by atoms with Gasteiger partial charge in [0.25, 0.3) is 5.91 Å². The number of carbonyl (C=O) groups is 1. The van der Waals surface area contributed by atoms with E-state index in [1.165, 1.54) is 0 Å². The van der Waals surface area contributed by atoms with Crippen molar-refractivity contribution in [2.24, 2.45) is 5.92 Å². The van der Waals surface area contributed by atoms with Gasteiger partial charge in [-0.2, -0.15) is 0 Å². The van der Waals surface area contributed by atoms with Crippen LogP contribution in [0.4, 0.5) is 11.4 Å². The second-order valence-corrected chi connectivity index (χ2v) is 7.46. The van der Waals surface area contributed by atoms with E-state index in [-0.39, 0.29) is 18.6 Å². The lowest BCUT2D eigenvalue weighted by atomic mass is 9.86. The first-order valence-corrected chi connectivity index (χ1v) is 9.34. The summed E-state index contributed by atoms with van der Waals surface area (Å²) in [4.78, 5) is 17.2. The predicted octanol–water partition coefficient (Wildman–Crippen LogP) is 1.61. The predicted molar refractivity (Wildman–Crippen MR) is 96.6 cm³/mol. The highest BCUT2D eigenvalue weighted by Gasteiger charge is 2.35. The molecule has 4 rings (SSSR count). The van der Waals surface area contributed by atoms with Gasteiger partial charge < -0.3 is 25.4 Å². The Morgan fingerprint density at radius 3 is 2.56 bits per heavy atom. The highest BCUT2D eigenvalue weighted by Crippen LogP contribution is 2.36. The number of carbonyl (C=O) groups excluding carboxylic acids is 1. The average Bonchev–Trinajstić information content (AvgIpc) is 2.97. The molecule has 1 aromatic rings. The van der Waals surface area contributed by atoms with Crippen molar-refractivity contribution in [3.8, 4) is 0 Å². The molecule has 2 heterocycles. The number of fused-ring (bicyclic) bond motifs is 1. The molecule has 3 aliphatic rings. The zero-order chi connectivity index (χ0) is 17.4. The van der Waals surface area contributed by atoms with E-state index in [1.807, 2.05) is 17.0 Å². The Hall–Kier alpha value is -1.79. The summed E-state index contributed by atoms with van der Waals surface area (Å²) in [6.07, 6.45) is 3.97. The van der Waals surface area contributed by atoms with Crippen LogP contribution in [0.15, 0.2) is 12.1 Å². The van der Waals surface area contributed by atoms with Crippen molar-refractivity contribution in [3.63, 3.8) is 0 Å². The number of amides is 1. The van der Waals surface area contributed by atoms with E-state index in [1.54, 1.807) is 0 Å². The minimum atomic E-state index is 0.136. The number of aliphatic hydroxyl groups excluding tert-OH is 1. The maximum absolute atomic E-state index is 13.0. The molecule has 1 saturated heterocycles. The molecular weight excluding hydrogens is 318 g/mol. The Morgan fingerprint density at radius 1 is 1.16 bits per heavy atom. The number of hydrogen-bond acceptors (Lipinski definition) is 5. The van der Waals surface area contributed by atoms with Gasteiger partial charge in [-0.05, 0) is 49.3 Å². The van der Waals surface area contributed by atoms with Crippen molar-refractivity contribution >= 4 is 17.3 Å². The van der Waals surface area contributed by atoms with Crippen molar-refractivity contribution in [3.05, 3.63) is 23.3 Å². The molecule has 1 aromatic carbocycles. The normalized spacial score (nSPS) is 26.8. The standard InChI is InChI=1S/C19H27N3O3/c20-17-9-14-11-22(15-3-1-13(12-23)2-4-15)19(24)16(14)10-18(17)21-5-7-25-8-6-21/h9-10,13,15,23H,1-8,11-12,20H2/t13-,15-. The van der Waals surface area contributed by atoms with Gasteiger partial charge in [0.1, 0.15) is 0 Å². The lowest BCUT2D eigenvalue weighted by molar-refractivity contribution is 0.0609. The van der Waals surface area contributed by atoms with E-state index in [2.05, 4.69) is 4.90 Å². The molecule has 0 aromatic heterocycles. The van der Waals surface area contributed by atoms with E-state index in [4.69, 9.17) is 10.5 Å². The van der Waals surface area contributed by atoms with E-state index in [9.17, 15) is 9.90 Å². The van der Waals surface area contributed by atoms with Crippen molar-refractivity contribution in [2.45, 2.75) is 38.3 Å². The van der Waals surface area contributed by atoms with Crippen LogP contribution in [0.3, 0.4) is 0 Å². The van der Waals surface area contributed by atoms with Crippen molar-refractivity contribution in [2.75, 3.05) is 43.5 Å². The number of ether oxygens (including phenoxy) is 1. The van der Waals surface area contributed by atoms with Gasteiger partial charge >= 0.3 is 0 Å². The van der Waals surface area contributed by atoms with E-state index in [0.717, 1.165) is 61.3 Å². The first-order valence-electron chi connectivity index (χ1n) is 9.34. The fourth-order valence-electron chi connectivity index (χ4n) is 4.40. The molecule has 0 atom stereocenters. The highest BCUT2D eigenvalue weighted by atomic mass is 16.5. The number of rotatable bonds is 3. The van der Waals surface area contributed by atoms with Gasteiger partial charge in [-0.3, -0.25) is 4.79 Å². The first-order chi connectivity index (χ1) is 12.2. The van der Waals surface area contributed by atoms with Gasteiger partial charge in [-0.25, -0.2) is 0 Å². The SMILES string of the molecule is Nc1cc2c(cc1N1CCOCC1)C(=O)N([C@H]1CC[C@H](CO)CC1)C2. The van der Waals surface area contributed by atoms with Crippen LogP contribution in [0.1, 0.15) is 41.6 Å². The van der Waals surface area contributed by atoms with E-state index < -0.39 is 0 Å². The molecule has 2 fully saturated rings. The van der Waals surface area contributed by atoms with Crippen LogP contribution < -0.4 is 10.6 Å². The van der Waals surface area contributed by atoms with Crippen LogP contribution in [0.25, 0.3) is 0 Å². The Labute approximate surface area is 148 Å². The third kappa shape index (κ3) is 3.09. The van der Waals surface area contributed by atoms with Crippen LogP contribution in [0.2, 0.25) is 0 Å². The van der Waals surface area contributed by atoms with Crippen molar-refractivity contribution in [1.82, 2.24) is 4.90 Å². The van der Waals surface area contributed by atoms with E-state index >= 15 is 0 Å². The van der Waals surface area contributed by atoms with Gasteiger partial charge in [0, 0.05) is 37.8 Å². The summed E-state index contributed by atoms with van der Waals surface area (Å²) in [5, 5.41) is 9.31. The van der Waals surface area contributed by atoms with Crippen LogP contribution in [-0.4, -0.2) is 54.9 Å². The fourth-order valence-corrected chi connectivity index (χ4v) is 4.40. The molecule has 2 aliphatic heterocycles. The molecule has 0 spiro atoms. The largest absolute Gasteiger partial charge is 0.397 e. The molecule has 1 saturated carbocycles. The van der Waals surface area contributed by atoms with Gasteiger partial charge in [-0.15, -0.1) is 0 Å². The molecule has 6 heteroatoms. The molecule has 3 N–H and O–H groups in total. The molecule has 25 heavy (non-hydrogen) atoms. The quantitative estimate of drug-likeness (QED) is 0.814. The molecule has 0 unspecified atom stereocenters. The number of anilines is 2. The Balaban J connectivity index is 1.53. The summed E-state index contributed by atoms with van der Waals surface area (Å²) < 4.78 is 5.41. The van der Waals surface area contributed by atoms with Crippen molar-refractivity contribution in [1.29, 1.82) is 0 Å². The highest BCUT2D eigenvalue weighted by molar-refractivity contribution is 6.00. The topological polar surface area (TPSA) is 79.0 Å². The summed E-state index contributed by atoms with van der Waals surface area (Å²) in [7, 11) is 0. The van der Waals surface area contributed by atoms with Gasteiger partial charge in [0.15, 0.2) is 0 Å². The Morgan fingerprint density at radius 2 is 1.88 bits per heavy atom. The molecule has 0 bridgehead atoms. The zero-order valence-corrected chi connectivity index (χ0v) is 14.6.